The van der Waals surface area contributed by atoms with E-state index in [9.17, 15) is 9.59 Å². The van der Waals surface area contributed by atoms with Crippen molar-refractivity contribution in [3.63, 3.8) is 0 Å². The summed E-state index contributed by atoms with van der Waals surface area (Å²) < 4.78 is 0. The topological polar surface area (TPSA) is 83.0 Å². The number of carboxylic acids is 1. The highest BCUT2D eigenvalue weighted by molar-refractivity contribution is 5.90. The van der Waals surface area contributed by atoms with Gasteiger partial charge in [0, 0.05) is 17.6 Å². The standard InChI is InChI=1S/C9H6N2O3/c12-8-1-2-10-7-4-11-6(9(13)14)3-5(7)8/h1-4H,(H,10,12)(H,13,14). The normalized spacial score (nSPS) is 10.3. The van der Waals surface area contributed by atoms with Gasteiger partial charge in [-0.05, 0) is 6.07 Å². The SMILES string of the molecule is O=C(O)c1cc2c(=O)cc[nH]c2cn1. The summed E-state index contributed by atoms with van der Waals surface area (Å²) >= 11 is 0. The van der Waals surface area contributed by atoms with E-state index in [2.05, 4.69) is 9.97 Å². The number of aromatic amines is 1. The number of aromatic carboxylic acids is 1. The van der Waals surface area contributed by atoms with Gasteiger partial charge in [0.25, 0.3) is 0 Å². The van der Waals surface area contributed by atoms with Gasteiger partial charge in [0.05, 0.1) is 11.7 Å². The van der Waals surface area contributed by atoms with Gasteiger partial charge in [-0.2, -0.15) is 0 Å². The number of carboxylic acid groups (broad SMARTS) is 1. The molecule has 0 aliphatic carbocycles. The predicted molar refractivity (Wildman–Crippen MR) is 49.3 cm³/mol. The monoisotopic (exact) mass is 190 g/mol. The minimum Gasteiger partial charge on any atom is -0.477 e. The lowest BCUT2D eigenvalue weighted by atomic mass is 10.2. The van der Waals surface area contributed by atoms with Crippen LogP contribution in [0.3, 0.4) is 0 Å². The van der Waals surface area contributed by atoms with Crippen LogP contribution >= 0.6 is 0 Å². The van der Waals surface area contributed by atoms with Crippen molar-refractivity contribution in [2.75, 3.05) is 0 Å². The second-order valence-corrected chi connectivity index (χ2v) is 2.76. The highest BCUT2D eigenvalue weighted by Crippen LogP contribution is 2.06. The summed E-state index contributed by atoms with van der Waals surface area (Å²) in [6.07, 6.45) is 2.83. The minimum absolute atomic E-state index is 0.130. The Hall–Kier alpha value is -2.17. The van der Waals surface area contributed by atoms with Gasteiger partial charge in [0.1, 0.15) is 5.69 Å². The summed E-state index contributed by atoms with van der Waals surface area (Å²) in [6.45, 7) is 0. The fraction of sp³-hybridized carbons (Fsp3) is 0. The summed E-state index contributed by atoms with van der Waals surface area (Å²) in [4.78, 5) is 28.4. The first-order chi connectivity index (χ1) is 6.68. The third-order valence-electron chi connectivity index (χ3n) is 1.86. The molecule has 0 aliphatic rings. The average Bonchev–Trinajstić information content (AvgIpc) is 2.18. The molecule has 2 rings (SSSR count). The summed E-state index contributed by atoms with van der Waals surface area (Å²) in [7, 11) is 0. The number of fused-ring (bicyclic) bond motifs is 1. The number of H-pyrrole nitrogens is 1. The van der Waals surface area contributed by atoms with Crippen molar-refractivity contribution in [3.8, 4) is 0 Å². The second-order valence-electron chi connectivity index (χ2n) is 2.76. The first-order valence-corrected chi connectivity index (χ1v) is 3.89. The molecule has 0 saturated carbocycles. The smallest absolute Gasteiger partial charge is 0.354 e. The molecule has 5 nitrogen and oxygen atoms in total. The van der Waals surface area contributed by atoms with Crippen LogP contribution in [0.1, 0.15) is 10.5 Å². The van der Waals surface area contributed by atoms with Gasteiger partial charge in [0.2, 0.25) is 0 Å². The molecule has 0 radical (unpaired) electrons. The Morgan fingerprint density at radius 3 is 3.00 bits per heavy atom. The highest BCUT2D eigenvalue weighted by Gasteiger charge is 2.06. The number of rotatable bonds is 1. The van der Waals surface area contributed by atoms with Crippen molar-refractivity contribution in [2.45, 2.75) is 0 Å². The van der Waals surface area contributed by atoms with Crippen molar-refractivity contribution < 1.29 is 9.90 Å². The molecule has 2 aromatic rings. The lowest BCUT2D eigenvalue weighted by molar-refractivity contribution is 0.0690. The molecule has 0 bridgehead atoms. The molecule has 70 valence electrons. The number of nitrogens with zero attached hydrogens (tertiary/aromatic N) is 1. The summed E-state index contributed by atoms with van der Waals surface area (Å²) in [5, 5.41) is 8.99. The van der Waals surface area contributed by atoms with Crippen LogP contribution in [-0.4, -0.2) is 21.0 Å². The van der Waals surface area contributed by atoms with Crippen LogP contribution in [0.2, 0.25) is 0 Å². The molecule has 14 heavy (non-hydrogen) atoms. The largest absolute Gasteiger partial charge is 0.477 e. The van der Waals surface area contributed by atoms with Gasteiger partial charge >= 0.3 is 5.97 Å². The Morgan fingerprint density at radius 2 is 2.29 bits per heavy atom. The first kappa shape index (κ1) is 8.43. The maximum absolute atomic E-state index is 11.3. The summed E-state index contributed by atoms with van der Waals surface area (Å²) in [5.41, 5.74) is 0.181. The van der Waals surface area contributed by atoms with Gasteiger partial charge in [0.15, 0.2) is 5.43 Å². The molecular formula is C9H6N2O3. The van der Waals surface area contributed by atoms with Gasteiger partial charge in [-0.1, -0.05) is 0 Å². The van der Waals surface area contributed by atoms with E-state index in [0.717, 1.165) is 0 Å². The minimum atomic E-state index is -1.14. The van der Waals surface area contributed by atoms with Crippen LogP contribution in [0.25, 0.3) is 10.9 Å². The molecule has 0 aliphatic heterocycles. The average molecular weight is 190 g/mol. The van der Waals surface area contributed by atoms with Crippen molar-refractivity contribution in [1.29, 1.82) is 0 Å². The second kappa shape index (κ2) is 2.95. The molecule has 2 aromatic heterocycles. The molecule has 0 spiro atoms. The zero-order chi connectivity index (χ0) is 10.1. The molecule has 0 saturated heterocycles. The Labute approximate surface area is 78.0 Å². The molecule has 0 atom stereocenters. The van der Waals surface area contributed by atoms with Gasteiger partial charge in [-0.3, -0.25) is 4.79 Å². The van der Waals surface area contributed by atoms with Crippen molar-refractivity contribution in [1.82, 2.24) is 9.97 Å². The molecule has 2 N–H and O–H groups in total. The summed E-state index contributed by atoms with van der Waals surface area (Å²) in [5.74, 6) is -1.14. The fourth-order valence-corrected chi connectivity index (χ4v) is 1.19. The third kappa shape index (κ3) is 1.24. The zero-order valence-electron chi connectivity index (χ0n) is 7.02. The van der Waals surface area contributed by atoms with E-state index < -0.39 is 5.97 Å². The number of pyridine rings is 2. The molecule has 2 heterocycles. The van der Waals surface area contributed by atoms with Crippen LogP contribution in [0.4, 0.5) is 0 Å². The Kier molecular flexibility index (Phi) is 1.78. The predicted octanol–water partition coefficient (Wildman–Crippen LogP) is 0.621. The van der Waals surface area contributed by atoms with Crippen molar-refractivity contribution in [2.24, 2.45) is 0 Å². The van der Waals surface area contributed by atoms with Crippen LogP contribution in [0.5, 0.6) is 0 Å². The molecule has 0 amide bonds. The van der Waals surface area contributed by atoms with E-state index in [4.69, 9.17) is 5.11 Å². The third-order valence-corrected chi connectivity index (χ3v) is 1.86. The molecule has 0 aromatic carbocycles. The van der Waals surface area contributed by atoms with Crippen LogP contribution < -0.4 is 5.43 Å². The van der Waals surface area contributed by atoms with Gasteiger partial charge < -0.3 is 10.1 Å². The number of carbonyl (C=O) groups is 1. The first-order valence-electron chi connectivity index (χ1n) is 3.89. The number of hydrogen-bond donors (Lipinski definition) is 2. The molecular weight excluding hydrogens is 184 g/mol. The van der Waals surface area contributed by atoms with Gasteiger partial charge in [-0.25, -0.2) is 9.78 Å². The maximum Gasteiger partial charge on any atom is 0.354 e. The lowest BCUT2D eigenvalue weighted by Crippen LogP contribution is -2.05. The number of hydrogen-bond acceptors (Lipinski definition) is 3. The van der Waals surface area contributed by atoms with E-state index in [-0.39, 0.29) is 11.1 Å². The van der Waals surface area contributed by atoms with Crippen molar-refractivity contribution >= 4 is 16.9 Å². The Balaban J connectivity index is 2.83. The zero-order valence-corrected chi connectivity index (χ0v) is 7.02. The summed E-state index contributed by atoms with van der Waals surface area (Å²) in [6, 6.07) is 2.60. The van der Waals surface area contributed by atoms with E-state index >= 15 is 0 Å². The van der Waals surface area contributed by atoms with Crippen LogP contribution in [0, 0.1) is 0 Å². The molecule has 5 heteroatoms. The Morgan fingerprint density at radius 1 is 1.50 bits per heavy atom. The van der Waals surface area contributed by atoms with Crippen LogP contribution in [-0.2, 0) is 0 Å². The quantitative estimate of drug-likeness (QED) is 0.690. The maximum atomic E-state index is 11.3. The van der Waals surface area contributed by atoms with E-state index in [1.54, 1.807) is 0 Å². The lowest BCUT2D eigenvalue weighted by Gasteiger charge is -1.97. The van der Waals surface area contributed by atoms with Gasteiger partial charge in [-0.15, -0.1) is 0 Å². The Bertz CT molecular complexity index is 559. The number of nitrogens with one attached hydrogen (secondary N) is 1. The molecule has 0 fully saturated rings. The fourth-order valence-electron chi connectivity index (χ4n) is 1.19. The number of aromatic nitrogens is 2. The van der Waals surface area contributed by atoms with Crippen LogP contribution in [0.15, 0.2) is 29.3 Å². The van der Waals surface area contributed by atoms with Crippen molar-refractivity contribution in [3.05, 3.63) is 40.4 Å². The van der Waals surface area contributed by atoms with E-state index in [1.165, 1.54) is 24.5 Å². The van der Waals surface area contributed by atoms with E-state index in [0.29, 0.717) is 10.9 Å². The highest BCUT2D eigenvalue weighted by atomic mass is 16.4. The van der Waals surface area contributed by atoms with E-state index in [1.807, 2.05) is 0 Å². The molecule has 0 unspecified atom stereocenters.